The fraction of sp³-hybridized carbons (Fsp3) is 0.357. The van der Waals surface area contributed by atoms with Crippen molar-refractivity contribution in [1.29, 1.82) is 0 Å². The van der Waals surface area contributed by atoms with Crippen LogP contribution >= 0.6 is 0 Å². The molecule has 0 atom stereocenters. The lowest BCUT2D eigenvalue weighted by Crippen LogP contribution is -2.06. The first kappa shape index (κ1) is 13.4. The minimum atomic E-state index is 0.464. The molecule has 1 aromatic carbocycles. The summed E-state index contributed by atoms with van der Waals surface area (Å²) in [7, 11) is 3.52. The second-order valence-electron chi connectivity index (χ2n) is 4.30. The van der Waals surface area contributed by atoms with Crippen LogP contribution in [0, 0.1) is 0 Å². The Bertz CT molecular complexity index is 537. The first-order chi connectivity index (χ1) is 9.24. The summed E-state index contributed by atoms with van der Waals surface area (Å²) in [5.74, 6) is 1.49. The topological polar surface area (TPSA) is 62.3 Å². The molecule has 2 N–H and O–H groups in total. The highest BCUT2D eigenvalue weighted by Gasteiger charge is 2.10. The van der Waals surface area contributed by atoms with Gasteiger partial charge < -0.3 is 15.2 Å². The van der Waals surface area contributed by atoms with Crippen LogP contribution in [0.25, 0.3) is 0 Å². The number of nitrogens with two attached hydrogens (primary N) is 1. The van der Waals surface area contributed by atoms with E-state index in [4.69, 9.17) is 15.2 Å². The van der Waals surface area contributed by atoms with E-state index in [0.717, 1.165) is 29.0 Å². The van der Waals surface area contributed by atoms with Gasteiger partial charge in [0, 0.05) is 18.8 Å². The number of hydrogen-bond acceptors (Lipinski definition) is 4. The van der Waals surface area contributed by atoms with Crippen LogP contribution in [0.2, 0.25) is 0 Å². The lowest BCUT2D eigenvalue weighted by molar-refractivity contribution is 0.281. The van der Waals surface area contributed by atoms with Gasteiger partial charge in [0.1, 0.15) is 6.61 Å². The molecule has 0 saturated heterocycles. The smallest absolute Gasteiger partial charge is 0.164 e. The van der Waals surface area contributed by atoms with Crippen molar-refractivity contribution < 1.29 is 9.47 Å². The molecule has 2 aromatic rings. The fourth-order valence-corrected chi connectivity index (χ4v) is 1.94. The summed E-state index contributed by atoms with van der Waals surface area (Å²) in [4.78, 5) is 0. The Morgan fingerprint density at radius 1 is 1.37 bits per heavy atom. The first-order valence-electron chi connectivity index (χ1n) is 6.21. The van der Waals surface area contributed by atoms with Crippen molar-refractivity contribution in [2.45, 2.75) is 13.0 Å². The average molecular weight is 261 g/mol. The zero-order valence-corrected chi connectivity index (χ0v) is 11.3. The molecule has 19 heavy (non-hydrogen) atoms. The van der Waals surface area contributed by atoms with Gasteiger partial charge in [-0.1, -0.05) is 12.1 Å². The van der Waals surface area contributed by atoms with E-state index in [9.17, 15) is 0 Å². The third kappa shape index (κ3) is 3.26. The number of aryl methyl sites for hydroxylation is 1. The van der Waals surface area contributed by atoms with E-state index in [-0.39, 0.29) is 0 Å². The van der Waals surface area contributed by atoms with Gasteiger partial charge in [-0.05, 0) is 24.6 Å². The minimum absolute atomic E-state index is 0.464. The fourth-order valence-electron chi connectivity index (χ4n) is 1.94. The third-order valence-corrected chi connectivity index (χ3v) is 2.84. The molecule has 0 saturated carbocycles. The van der Waals surface area contributed by atoms with E-state index in [2.05, 4.69) is 5.10 Å². The van der Waals surface area contributed by atoms with Crippen LogP contribution in [0.4, 0.5) is 0 Å². The van der Waals surface area contributed by atoms with Crippen LogP contribution in [-0.4, -0.2) is 23.4 Å². The SMILES string of the molecule is COc1cccc(CCN)c1OCc1cnn(C)c1. The van der Waals surface area contributed by atoms with Gasteiger partial charge in [0.15, 0.2) is 11.5 Å². The molecular formula is C14H19N3O2. The Morgan fingerprint density at radius 2 is 2.21 bits per heavy atom. The molecule has 0 spiro atoms. The van der Waals surface area contributed by atoms with E-state index in [1.165, 1.54) is 0 Å². The second kappa shape index (κ2) is 6.24. The van der Waals surface area contributed by atoms with E-state index >= 15 is 0 Å². The van der Waals surface area contributed by atoms with Crippen molar-refractivity contribution in [3.05, 3.63) is 41.7 Å². The monoisotopic (exact) mass is 261 g/mol. The highest BCUT2D eigenvalue weighted by atomic mass is 16.5. The van der Waals surface area contributed by atoms with Gasteiger partial charge in [0.25, 0.3) is 0 Å². The third-order valence-electron chi connectivity index (χ3n) is 2.84. The zero-order valence-electron chi connectivity index (χ0n) is 11.3. The van der Waals surface area contributed by atoms with Gasteiger partial charge in [0.05, 0.1) is 13.3 Å². The maximum Gasteiger partial charge on any atom is 0.164 e. The van der Waals surface area contributed by atoms with Crippen LogP contribution in [-0.2, 0) is 20.1 Å². The molecule has 5 heteroatoms. The standard InChI is InChI=1S/C14H19N3O2/c1-17-9-11(8-16-17)10-19-14-12(6-7-15)4-3-5-13(14)18-2/h3-5,8-9H,6-7,10,15H2,1-2H3. The number of rotatable bonds is 6. The van der Waals surface area contributed by atoms with Crippen molar-refractivity contribution in [2.75, 3.05) is 13.7 Å². The summed E-state index contributed by atoms with van der Waals surface area (Å²) in [6.45, 7) is 1.04. The van der Waals surface area contributed by atoms with Gasteiger partial charge in [-0.2, -0.15) is 5.10 Å². The lowest BCUT2D eigenvalue weighted by atomic mass is 10.1. The largest absolute Gasteiger partial charge is 0.493 e. The summed E-state index contributed by atoms with van der Waals surface area (Å²) < 4.78 is 13.0. The molecule has 5 nitrogen and oxygen atoms in total. The molecule has 1 aromatic heterocycles. The Kier molecular flexibility index (Phi) is 4.41. The number of methoxy groups -OCH3 is 1. The molecular weight excluding hydrogens is 242 g/mol. The molecule has 2 rings (SSSR count). The van der Waals surface area contributed by atoms with Crippen LogP contribution in [0.15, 0.2) is 30.6 Å². The Labute approximate surface area is 112 Å². The first-order valence-corrected chi connectivity index (χ1v) is 6.21. The number of aromatic nitrogens is 2. The molecule has 0 aliphatic heterocycles. The number of benzene rings is 1. The maximum atomic E-state index is 5.88. The predicted molar refractivity (Wildman–Crippen MR) is 73.3 cm³/mol. The van der Waals surface area contributed by atoms with Crippen LogP contribution in [0.3, 0.4) is 0 Å². The molecule has 0 aliphatic rings. The summed E-state index contributed by atoms with van der Waals surface area (Å²) in [6.07, 6.45) is 4.48. The predicted octanol–water partition coefficient (Wildman–Crippen LogP) is 1.51. The van der Waals surface area contributed by atoms with Crippen molar-refractivity contribution in [3.8, 4) is 11.5 Å². The van der Waals surface area contributed by atoms with Crippen LogP contribution in [0.5, 0.6) is 11.5 Å². The average Bonchev–Trinajstić information content (AvgIpc) is 2.83. The summed E-state index contributed by atoms with van der Waals surface area (Å²) in [6, 6.07) is 5.84. The van der Waals surface area contributed by atoms with Crippen LogP contribution in [0.1, 0.15) is 11.1 Å². The highest BCUT2D eigenvalue weighted by Crippen LogP contribution is 2.31. The molecule has 0 unspecified atom stereocenters. The molecule has 0 amide bonds. The van der Waals surface area contributed by atoms with E-state index in [1.54, 1.807) is 18.0 Å². The molecule has 0 fully saturated rings. The van der Waals surface area contributed by atoms with Gasteiger partial charge in [-0.15, -0.1) is 0 Å². The van der Waals surface area contributed by atoms with Crippen molar-refractivity contribution in [3.63, 3.8) is 0 Å². The normalized spacial score (nSPS) is 10.5. The number of para-hydroxylation sites is 1. The minimum Gasteiger partial charge on any atom is -0.493 e. The Morgan fingerprint density at radius 3 is 2.84 bits per heavy atom. The highest BCUT2D eigenvalue weighted by molar-refractivity contribution is 5.46. The number of ether oxygens (including phenoxy) is 2. The van der Waals surface area contributed by atoms with E-state index < -0.39 is 0 Å². The Hall–Kier alpha value is -2.01. The molecule has 0 aliphatic carbocycles. The number of nitrogens with zero attached hydrogens (tertiary/aromatic N) is 2. The van der Waals surface area contributed by atoms with Crippen molar-refractivity contribution >= 4 is 0 Å². The maximum absolute atomic E-state index is 5.88. The van der Waals surface area contributed by atoms with Gasteiger partial charge >= 0.3 is 0 Å². The van der Waals surface area contributed by atoms with Crippen molar-refractivity contribution in [2.24, 2.45) is 12.8 Å². The van der Waals surface area contributed by atoms with Crippen molar-refractivity contribution in [1.82, 2.24) is 9.78 Å². The van der Waals surface area contributed by atoms with E-state index in [1.807, 2.05) is 31.4 Å². The number of hydrogen-bond donors (Lipinski definition) is 1. The van der Waals surface area contributed by atoms with Gasteiger partial charge in [-0.3, -0.25) is 4.68 Å². The molecule has 0 radical (unpaired) electrons. The molecule has 0 bridgehead atoms. The van der Waals surface area contributed by atoms with Gasteiger partial charge in [-0.25, -0.2) is 0 Å². The van der Waals surface area contributed by atoms with Crippen LogP contribution < -0.4 is 15.2 Å². The quantitative estimate of drug-likeness (QED) is 0.856. The molecule has 1 heterocycles. The Balaban J connectivity index is 2.17. The molecule has 102 valence electrons. The lowest BCUT2D eigenvalue weighted by Gasteiger charge is -2.14. The summed E-state index contributed by atoms with van der Waals surface area (Å²) >= 11 is 0. The van der Waals surface area contributed by atoms with E-state index in [0.29, 0.717) is 13.2 Å². The summed E-state index contributed by atoms with van der Waals surface area (Å²) in [5, 5.41) is 4.12. The zero-order chi connectivity index (χ0) is 13.7. The summed E-state index contributed by atoms with van der Waals surface area (Å²) in [5.41, 5.74) is 7.70. The van der Waals surface area contributed by atoms with Gasteiger partial charge in [0.2, 0.25) is 0 Å². The second-order valence-corrected chi connectivity index (χ2v) is 4.30.